The number of anilines is 1. The lowest BCUT2D eigenvalue weighted by Crippen LogP contribution is -2.27. The zero-order chi connectivity index (χ0) is 11.7. The highest BCUT2D eigenvalue weighted by molar-refractivity contribution is 7.80. The number of hydrogen-bond acceptors (Lipinski definition) is 3. The highest BCUT2D eigenvalue weighted by atomic mass is 32.1. The van der Waals surface area contributed by atoms with E-state index in [1.54, 1.807) is 29.2 Å². The van der Waals surface area contributed by atoms with Gasteiger partial charge in [-0.25, -0.2) is 0 Å². The molecule has 1 aromatic carbocycles. The Labute approximate surface area is 99.1 Å². The van der Waals surface area contributed by atoms with Crippen LogP contribution in [0.1, 0.15) is 30.1 Å². The Bertz CT molecular complexity index is 448. The van der Waals surface area contributed by atoms with E-state index < -0.39 is 0 Å². The molecule has 1 fully saturated rings. The van der Waals surface area contributed by atoms with Gasteiger partial charge in [0.2, 0.25) is 5.91 Å². The Morgan fingerprint density at radius 2 is 1.88 bits per heavy atom. The van der Waals surface area contributed by atoms with Crippen LogP contribution in [-0.2, 0) is 4.79 Å². The average molecular weight is 233 g/mol. The summed E-state index contributed by atoms with van der Waals surface area (Å²) in [4.78, 5) is 24.9. The third kappa shape index (κ3) is 1.88. The number of benzene rings is 1. The molecule has 1 amide bonds. The molecule has 4 heteroatoms. The van der Waals surface area contributed by atoms with E-state index in [9.17, 15) is 9.59 Å². The van der Waals surface area contributed by atoms with Crippen molar-refractivity contribution in [2.75, 3.05) is 4.90 Å². The van der Waals surface area contributed by atoms with Gasteiger partial charge in [0, 0.05) is 24.1 Å². The molecular formula is C12H11NO2S. The number of carbonyl (C=O) groups excluding carboxylic acids is 2. The topological polar surface area (TPSA) is 37.4 Å². The predicted octanol–water partition coefficient (Wildman–Crippen LogP) is 2.34. The Kier molecular flexibility index (Phi) is 2.83. The molecule has 0 aliphatic carbocycles. The molecule has 1 aromatic rings. The Morgan fingerprint density at radius 1 is 1.25 bits per heavy atom. The van der Waals surface area contributed by atoms with Gasteiger partial charge in [-0.05, 0) is 31.2 Å². The standard InChI is InChI=1S/C12H11NO2S/c1-8(14)9-2-4-10(5-3-9)13-11(15)6-7-12(13)16/h2-5H,6-7H2,1H3. The van der Waals surface area contributed by atoms with Crippen molar-refractivity contribution < 1.29 is 9.59 Å². The van der Waals surface area contributed by atoms with Crippen molar-refractivity contribution in [3.8, 4) is 0 Å². The van der Waals surface area contributed by atoms with Crippen LogP contribution in [0.5, 0.6) is 0 Å². The number of nitrogens with zero attached hydrogens (tertiary/aromatic N) is 1. The van der Waals surface area contributed by atoms with Gasteiger partial charge in [0.15, 0.2) is 5.78 Å². The summed E-state index contributed by atoms with van der Waals surface area (Å²) in [5, 5.41) is 0. The van der Waals surface area contributed by atoms with Crippen molar-refractivity contribution in [3.05, 3.63) is 29.8 Å². The number of amides is 1. The average Bonchev–Trinajstić information content (AvgIpc) is 2.59. The molecule has 0 N–H and O–H groups in total. The molecule has 3 nitrogen and oxygen atoms in total. The maximum Gasteiger partial charge on any atom is 0.232 e. The summed E-state index contributed by atoms with van der Waals surface area (Å²) >= 11 is 5.12. The van der Waals surface area contributed by atoms with Gasteiger partial charge in [0.05, 0.1) is 4.99 Å². The molecule has 1 saturated heterocycles. The molecule has 1 aliphatic rings. The minimum atomic E-state index is 0.0156. The van der Waals surface area contributed by atoms with Crippen molar-refractivity contribution >= 4 is 34.6 Å². The first kappa shape index (κ1) is 11.0. The molecule has 0 spiro atoms. The summed E-state index contributed by atoms with van der Waals surface area (Å²) in [6.45, 7) is 1.51. The van der Waals surface area contributed by atoms with E-state index in [2.05, 4.69) is 0 Å². The van der Waals surface area contributed by atoms with Gasteiger partial charge < -0.3 is 0 Å². The van der Waals surface area contributed by atoms with Gasteiger partial charge >= 0.3 is 0 Å². The molecule has 0 atom stereocenters. The minimum absolute atomic E-state index is 0.0156. The molecule has 0 radical (unpaired) electrons. The molecule has 2 rings (SSSR count). The molecule has 0 aromatic heterocycles. The first-order valence-corrected chi connectivity index (χ1v) is 5.47. The second-order valence-corrected chi connectivity index (χ2v) is 4.20. The summed E-state index contributed by atoms with van der Waals surface area (Å²) in [7, 11) is 0. The third-order valence-electron chi connectivity index (χ3n) is 2.58. The maximum atomic E-state index is 11.6. The van der Waals surface area contributed by atoms with Crippen LogP contribution in [-0.4, -0.2) is 16.7 Å². The van der Waals surface area contributed by atoms with Crippen LogP contribution in [0.3, 0.4) is 0 Å². The van der Waals surface area contributed by atoms with Crippen LogP contribution in [0.4, 0.5) is 5.69 Å². The Morgan fingerprint density at radius 3 is 2.31 bits per heavy atom. The quantitative estimate of drug-likeness (QED) is 0.581. The van der Waals surface area contributed by atoms with Gasteiger partial charge in [-0.2, -0.15) is 0 Å². The van der Waals surface area contributed by atoms with Gasteiger partial charge in [0.1, 0.15) is 0 Å². The largest absolute Gasteiger partial charge is 0.295 e. The summed E-state index contributed by atoms with van der Waals surface area (Å²) in [5.74, 6) is 0.0439. The first-order valence-electron chi connectivity index (χ1n) is 5.06. The lowest BCUT2D eigenvalue weighted by atomic mass is 10.1. The Balaban J connectivity index is 2.31. The van der Waals surface area contributed by atoms with Crippen LogP contribution in [0, 0.1) is 0 Å². The third-order valence-corrected chi connectivity index (χ3v) is 2.97. The summed E-state index contributed by atoms with van der Waals surface area (Å²) < 4.78 is 0. The van der Waals surface area contributed by atoms with E-state index in [4.69, 9.17) is 12.2 Å². The minimum Gasteiger partial charge on any atom is -0.295 e. The van der Waals surface area contributed by atoms with Crippen LogP contribution in [0.2, 0.25) is 0 Å². The fourth-order valence-corrected chi connectivity index (χ4v) is 2.02. The molecule has 16 heavy (non-hydrogen) atoms. The number of ketones is 1. The molecule has 1 heterocycles. The van der Waals surface area contributed by atoms with E-state index in [0.717, 1.165) is 5.69 Å². The highest BCUT2D eigenvalue weighted by Crippen LogP contribution is 2.23. The summed E-state index contributed by atoms with van der Waals surface area (Å²) in [5.41, 5.74) is 1.39. The zero-order valence-corrected chi connectivity index (χ0v) is 9.71. The van der Waals surface area contributed by atoms with Crippen LogP contribution < -0.4 is 4.90 Å². The number of thiocarbonyl (C=S) groups is 1. The molecule has 0 unspecified atom stereocenters. The van der Waals surface area contributed by atoms with Crippen LogP contribution in [0.25, 0.3) is 0 Å². The molecule has 0 saturated carbocycles. The SMILES string of the molecule is CC(=O)c1ccc(N2C(=O)CCC2=S)cc1. The van der Waals surface area contributed by atoms with E-state index in [0.29, 0.717) is 23.4 Å². The van der Waals surface area contributed by atoms with Crippen molar-refractivity contribution in [2.45, 2.75) is 19.8 Å². The molecular weight excluding hydrogens is 222 g/mol. The Hall–Kier alpha value is -1.55. The molecule has 82 valence electrons. The normalized spacial score (nSPS) is 15.7. The van der Waals surface area contributed by atoms with Crippen molar-refractivity contribution in [2.24, 2.45) is 0 Å². The second kappa shape index (κ2) is 4.14. The second-order valence-electron chi connectivity index (χ2n) is 3.73. The van der Waals surface area contributed by atoms with Crippen molar-refractivity contribution in [1.29, 1.82) is 0 Å². The van der Waals surface area contributed by atoms with E-state index in [1.807, 2.05) is 0 Å². The fraction of sp³-hybridized carbons (Fsp3) is 0.250. The van der Waals surface area contributed by atoms with Gasteiger partial charge in [-0.1, -0.05) is 12.2 Å². The highest BCUT2D eigenvalue weighted by Gasteiger charge is 2.26. The van der Waals surface area contributed by atoms with Gasteiger partial charge in [0.25, 0.3) is 0 Å². The smallest absolute Gasteiger partial charge is 0.232 e. The van der Waals surface area contributed by atoms with E-state index >= 15 is 0 Å². The number of hydrogen-bond donors (Lipinski definition) is 0. The van der Waals surface area contributed by atoms with E-state index in [1.165, 1.54) is 6.92 Å². The van der Waals surface area contributed by atoms with Crippen LogP contribution >= 0.6 is 12.2 Å². The van der Waals surface area contributed by atoms with Crippen molar-refractivity contribution in [3.63, 3.8) is 0 Å². The van der Waals surface area contributed by atoms with Gasteiger partial charge in [-0.3, -0.25) is 14.5 Å². The predicted molar refractivity (Wildman–Crippen MR) is 65.8 cm³/mol. The monoisotopic (exact) mass is 233 g/mol. The molecule has 0 bridgehead atoms. The lowest BCUT2D eigenvalue weighted by Gasteiger charge is -2.15. The lowest BCUT2D eigenvalue weighted by molar-refractivity contribution is -0.116. The zero-order valence-electron chi connectivity index (χ0n) is 8.90. The molecule has 1 aliphatic heterocycles. The maximum absolute atomic E-state index is 11.6. The number of Topliss-reactive ketones (excluding diaryl/α,β-unsaturated/α-hetero) is 1. The van der Waals surface area contributed by atoms with Gasteiger partial charge in [-0.15, -0.1) is 0 Å². The summed E-state index contributed by atoms with van der Waals surface area (Å²) in [6, 6.07) is 6.94. The fourth-order valence-electron chi connectivity index (χ4n) is 1.71. The number of carbonyl (C=O) groups is 2. The van der Waals surface area contributed by atoms with Crippen LogP contribution in [0.15, 0.2) is 24.3 Å². The van der Waals surface area contributed by atoms with E-state index in [-0.39, 0.29) is 11.7 Å². The summed E-state index contributed by atoms with van der Waals surface area (Å²) in [6.07, 6.45) is 1.12. The van der Waals surface area contributed by atoms with Crippen molar-refractivity contribution in [1.82, 2.24) is 0 Å². The first-order chi connectivity index (χ1) is 7.59. The number of rotatable bonds is 2.